The lowest BCUT2D eigenvalue weighted by Crippen LogP contribution is -2.29. The zero-order chi connectivity index (χ0) is 9.84. The van der Waals surface area contributed by atoms with Gasteiger partial charge in [-0.1, -0.05) is 6.07 Å². The van der Waals surface area contributed by atoms with Crippen molar-refractivity contribution in [1.29, 1.82) is 0 Å². The first-order chi connectivity index (χ1) is 6.19. The van der Waals surface area contributed by atoms with Crippen molar-refractivity contribution in [2.45, 2.75) is 9.79 Å². The van der Waals surface area contributed by atoms with E-state index in [1.54, 1.807) is 35.7 Å². The molecule has 0 aliphatic rings. The molecule has 70 valence electrons. The third kappa shape index (κ3) is 2.67. The van der Waals surface area contributed by atoms with Crippen LogP contribution in [0.3, 0.4) is 0 Å². The highest BCUT2D eigenvalue weighted by molar-refractivity contribution is 8.01. The summed E-state index contributed by atoms with van der Waals surface area (Å²) in [6.07, 6.45) is 3.98. The third-order valence-corrected chi connectivity index (χ3v) is 3.41. The second kappa shape index (κ2) is 4.95. The highest BCUT2D eigenvalue weighted by Gasteiger charge is 2.12. The standard InChI is InChI=1S/C8H11BO2S2/c1-12-7-4-3-6(9(10)11)5-8(7)13-2/h3-5,10-11H,1-2H3. The summed E-state index contributed by atoms with van der Waals surface area (Å²) >= 11 is 3.26. The smallest absolute Gasteiger partial charge is 0.423 e. The minimum absolute atomic E-state index is 0.544. The average Bonchev–Trinajstić information content (AvgIpc) is 2.16. The van der Waals surface area contributed by atoms with Crippen molar-refractivity contribution in [1.82, 2.24) is 0 Å². The van der Waals surface area contributed by atoms with E-state index in [0.29, 0.717) is 5.46 Å². The van der Waals surface area contributed by atoms with Crippen molar-refractivity contribution in [3.8, 4) is 0 Å². The molecule has 0 unspecified atom stereocenters. The van der Waals surface area contributed by atoms with Gasteiger partial charge in [-0.15, -0.1) is 23.5 Å². The largest absolute Gasteiger partial charge is 0.488 e. The lowest BCUT2D eigenvalue weighted by molar-refractivity contribution is 0.425. The van der Waals surface area contributed by atoms with Crippen molar-refractivity contribution < 1.29 is 10.0 Å². The van der Waals surface area contributed by atoms with Crippen LogP contribution in [0.25, 0.3) is 0 Å². The Morgan fingerprint density at radius 3 is 2.15 bits per heavy atom. The molecule has 0 radical (unpaired) electrons. The number of hydrogen-bond acceptors (Lipinski definition) is 4. The van der Waals surface area contributed by atoms with Crippen LogP contribution in [0.4, 0.5) is 0 Å². The van der Waals surface area contributed by atoms with Gasteiger partial charge in [0, 0.05) is 9.79 Å². The molecule has 0 saturated carbocycles. The molecule has 0 saturated heterocycles. The Balaban J connectivity index is 3.05. The van der Waals surface area contributed by atoms with Gasteiger partial charge in [-0.25, -0.2) is 0 Å². The highest BCUT2D eigenvalue weighted by atomic mass is 32.2. The molecule has 1 aromatic rings. The Kier molecular flexibility index (Phi) is 4.19. The van der Waals surface area contributed by atoms with Crippen molar-refractivity contribution >= 4 is 36.1 Å². The maximum absolute atomic E-state index is 8.95. The van der Waals surface area contributed by atoms with E-state index in [1.807, 2.05) is 18.6 Å². The minimum atomic E-state index is -1.37. The van der Waals surface area contributed by atoms with Crippen LogP contribution < -0.4 is 5.46 Å². The summed E-state index contributed by atoms with van der Waals surface area (Å²) in [7, 11) is -1.37. The highest BCUT2D eigenvalue weighted by Crippen LogP contribution is 2.26. The maximum atomic E-state index is 8.95. The fraction of sp³-hybridized carbons (Fsp3) is 0.250. The molecular formula is C8H11BO2S2. The number of thioether (sulfide) groups is 2. The Hall–Kier alpha value is -0.0951. The quantitative estimate of drug-likeness (QED) is 0.577. The molecule has 0 aliphatic carbocycles. The van der Waals surface area contributed by atoms with Crippen LogP contribution in [0.1, 0.15) is 0 Å². The first-order valence-electron chi connectivity index (χ1n) is 3.77. The van der Waals surface area contributed by atoms with Crippen molar-refractivity contribution in [2.75, 3.05) is 12.5 Å². The Labute approximate surface area is 86.9 Å². The zero-order valence-corrected chi connectivity index (χ0v) is 9.15. The van der Waals surface area contributed by atoms with Crippen LogP contribution in [0, 0.1) is 0 Å². The fourth-order valence-electron chi connectivity index (χ4n) is 1.01. The van der Waals surface area contributed by atoms with Gasteiger partial charge in [0.1, 0.15) is 0 Å². The Morgan fingerprint density at radius 1 is 1.08 bits per heavy atom. The second-order valence-electron chi connectivity index (χ2n) is 2.49. The normalized spacial score (nSPS) is 10.2. The van der Waals surface area contributed by atoms with Crippen molar-refractivity contribution in [3.05, 3.63) is 18.2 Å². The predicted octanol–water partition coefficient (Wildman–Crippen LogP) is 0.810. The Bertz CT molecular complexity index is 291. The molecule has 0 spiro atoms. The molecule has 1 rings (SSSR count). The molecule has 5 heteroatoms. The third-order valence-electron chi connectivity index (χ3n) is 1.71. The van der Waals surface area contributed by atoms with Crippen LogP contribution >= 0.6 is 23.5 Å². The second-order valence-corrected chi connectivity index (χ2v) is 4.18. The van der Waals surface area contributed by atoms with Gasteiger partial charge >= 0.3 is 7.12 Å². The monoisotopic (exact) mass is 214 g/mol. The van der Waals surface area contributed by atoms with Crippen LogP contribution in [-0.2, 0) is 0 Å². The van der Waals surface area contributed by atoms with Crippen molar-refractivity contribution in [3.63, 3.8) is 0 Å². The molecule has 0 fully saturated rings. The summed E-state index contributed by atoms with van der Waals surface area (Å²) in [5, 5.41) is 17.9. The number of benzene rings is 1. The lowest BCUT2D eigenvalue weighted by Gasteiger charge is -2.06. The first-order valence-corrected chi connectivity index (χ1v) is 6.22. The topological polar surface area (TPSA) is 40.5 Å². The molecule has 2 nitrogen and oxygen atoms in total. The summed E-state index contributed by atoms with van der Waals surface area (Å²) in [6.45, 7) is 0. The SMILES string of the molecule is CSc1ccc(B(O)O)cc1SC. The average molecular weight is 214 g/mol. The number of hydrogen-bond donors (Lipinski definition) is 2. The molecule has 13 heavy (non-hydrogen) atoms. The molecule has 2 N–H and O–H groups in total. The summed E-state index contributed by atoms with van der Waals surface area (Å²) in [4.78, 5) is 2.25. The van der Waals surface area contributed by atoms with Gasteiger partial charge in [-0.05, 0) is 30.1 Å². The van der Waals surface area contributed by atoms with E-state index < -0.39 is 7.12 Å². The summed E-state index contributed by atoms with van der Waals surface area (Å²) in [5.41, 5.74) is 0.544. The van der Waals surface area contributed by atoms with Gasteiger partial charge in [-0.2, -0.15) is 0 Å². The lowest BCUT2D eigenvalue weighted by atomic mass is 9.80. The molecule has 0 atom stereocenters. The van der Waals surface area contributed by atoms with Crippen molar-refractivity contribution in [2.24, 2.45) is 0 Å². The van der Waals surface area contributed by atoms with E-state index in [2.05, 4.69) is 0 Å². The first kappa shape index (κ1) is 11.0. The van der Waals surface area contributed by atoms with Gasteiger partial charge in [0.05, 0.1) is 0 Å². The van der Waals surface area contributed by atoms with E-state index in [1.165, 1.54) is 0 Å². The van der Waals surface area contributed by atoms with Crippen LogP contribution in [-0.4, -0.2) is 29.7 Å². The molecule has 0 amide bonds. The van der Waals surface area contributed by atoms with Crippen LogP contribution in [0.5, 0.6) is 0 Å². The molecule has 0 aromatic heterocycles. The minimum Gasteiger partial charge on any atom is -0.423 e. The van der Waals surface area contributed by atoms with E-state index >= 15 is 0 Å². The molecule has 0 bridgehead atoms. The van der Waals surface area contributed by atoms with E-state index in [9.17, 15) is 0 Å². The van der Waals surface area contributed by atoms with E-state index in [0.717, 1.165) is 9.79 Å². The molecule has 0 heterocycles. The van der Waals surface area contributed by atoms with E-state index in [-0.39, 0.29) is 0 Å². The van der Waals surface area contributed by atoms with Gasteiger partial charge in [0.2, 0.25) is 0 Å². The van der Waals surface area contributed by atoms with Crippen LogP contribution in [0.15, 0.2) is 28.0 Å². The maximum Gasteiger partial charge on any atom is 0.488 e. The van der Waals surface area contributed by atoms with Crippen LogP contribution in [0.2, 0.25) is 0 Å². The molecule has 0 aliphatic heterocycles. The zero-order valence-electron chi connectivity index (χ0n) is 7.52. The molecular weight excluding hydrogens is 203 g/mol. The summed E-state index contributed by atoms with van der Waals surface area (Å²) in [5.74, 6) is 0. The van der Waals surface area contributed by atoms with Gasteiger partial charge in [-0.3, -0.25) is 0 Å². The van der Waals surface area contributed by atoms with Gasteiger partial charge in [0.15, 0.2) is 0 Å². The van der Waals surface area contributed by atoms with Gasteiger partial charge in [0.25, 0.3) is 0 Å². The Morgan fingerprint density at radius 2 is 1.69 bits per heavy atom. The van der Waals surface area contributed by atoms with Gasteiger partial charge < -0.3 is 10.0 Å². The fourth-order valence-corrected chi connectivity index (χ4v) is 2.50. The summed E-state index contributed by atoms with van der Waals surface area (Å²) in [6, 6.07) is 5.45. The van der Waals surface area contributed by atoms with E-state index in [4.69, 9.17) is 10.0 Å². The predicted molar refractivity (Wildman–Crippen MR) is 59.8 cm³/mol. The summed E-state index contributed by atoms with van der Waals surface area (Å²) < 4.78 is 0. The number of rotatable bonds is 3. The molecule has 1 aromatic carbocycles.